The first-order chi connectivity index (χ1) is 9.70. The van der Waals surface area contributed by atoms with Gasteiger partial charge in [0.25, 0.3) is 0 Å². The molecule has 0 aliphatic carbocycles. The molecular weight excluding hydrogens is 252 g/mol. The van der Waals surface area contributed by atoms with E-state index in [1.807, 2.05) is 30.3 Å². The molecule has 0 saturated heterocycles. The van der Waals surface area contributed by atoms with Crippen molar-refractivity contribution in [1.29, 1.82) is 0 Å². The summed E-state index contributed by atoms with van der Waals surface area (Å²) in [7, 11) is 0. The largest absolute Gasteiger partial charge is 0.443 e. The summed E-state index contributed by atoms with van der Waals surface area (Å²) >= 11 is 0. The molecule has 2 rings (SSSR count). The molecule has 5 heteroatoms. The van der Waals surface area contributed by atoms with Gasteiger partial charge in [0.05, 0.1) is 6.54 Å². The zero-order chi connectivity index (χ0) is 14.4. The van der Waals surface area contributed by atoms with Crippen LogP contribution in [0.25, 0.3) is 11.3 Å². The lowest BCUT2D eigenvalue weighted by Crippen LogP contribution is -2.38. The van der Waals surface area contributed by atoms with Crippen molar-refractivity contribution in [3.8, 4) is 11.3 Å². The molecule has 2 aromatic rings. The van der Waals surface area contributed by atoms with E-state index in [4.69, 9.17) is 10.2 Å². The third-order valence-electron chi connectivity index (χ3n) is 3.08. The van der Waals surface area contributed by atoms with E-state index in [0.29, 0.717) is 18.5 Å². The van der Waals surface area contributed by atoms with Crippen LogP contribution in [-0.2, 0) is 6.54 Å². The molecule has 106 valence electrons. The van der Waals surface area contributed by atoms with Gasteiger partial charge in [-0.3, -0.25) is 0 Å². The molecule has 0 amide bonds. The van der Waals surface area contributed by atoms with Crippen LogP contribution in [0, 0.1) is 0 Å². The number of aliphatic imine (C=N–C) groups is 1. The summed E-state index contributed by atoms with van der Waals surface area (Å²) in [6.07, 6.45) is 2.43. The van der Waals surface area contributed by atoms with Gasteiger partial charge in [0.15, 0.2) is 18.1 Å². The van der Waals surface area contributed by atoms with E-state index in [1.54, 1.807) is 0 Å². The van der Waals surface area contributed by atoms with Crippen molar-refractivity contribution in [2.45, 2.75) is 32.9 Å². The van der Waals surface area contributed by atoms with Crippen LogP contribution >= 0.6 is 0 Å². The van der Waals surface area contributed by atoms with Crippen molar-refractivity contribution in [3.63, 3.8) is 0 Å². The number of benzene rings is 1. The van der Waals surface area contributed by atoms with Crippen molar-refractivity contribution >= 4 is 5.96 Å². The fourth-order valence-electron chi connectivity index (χ4n) is 1.77. The Bertz CT molecular complexity index is 562. The van der Waals surface area contributed by atoms with E-state index >= 15 is 0 Å². The number of aromatic nitrogens is 1. The Balaban J connectivity index is 2.08. The third-order valence-corrected chi connectivity index (χ3v) is 3.08. The number of rotatable bonds is 5. The smallest absolute Gasteiger partial charge is 0.189 e. The second-order valence-corrected chi connectivity index (χ2v) is 4.65. The average Bonchev–Trinajstić information content (AvgIpc) is 2.94. The number of guanidine groups is 1. The molecule has 0 aliphatic heterocycles. The molecule has 0 fully saturated rings. The molecule has 1 unspecified atom stereocenters. The molecule has 1 heterocycles. The van der Waals surface area contributed by atoms with E-state index in [9.17, 15) is 0 Å². The zero-order valence-electron chi connectivity index (χ0n) is 11.8. The SMILES string of the molecule is CCC(C)NC(N)=NCc1ncoc1-c1ccccc1. The minimum atomic E-state index is 0.310. The van der Waals surface area contributed by atoms with Crippen LogP contribution in [-0.4, -0.2) is 17.0 Å². The second kappa shape index (κ2) is 6.75. The Morgan fingerprint density at radius 1 is 1.40 bits per heavy atom. The average molecular weight is 272 g/mol. The summed E-state index contributed by atoms with van der Waals surface area (Å²) in [6, 6.07) is 10.2. The van der Waals surface area contributed by atoms with Gasteiger partial charge in [-0.15, -0.1) is 0 Å². The molecule has 1 aromatic carbocycles. The number of hydrogen-bond donors (Lipinski definition) is 2. The maximum Gasteiger partial charge on any atom is 0.189 e. The zero-order valence-corrected chi connectivity index (χ0v) is 11.8. The molecule has 0 spiro atoms. The molecular formula is C15H20N4O. The molecule has 0 aliphatic rings. The van der Waals surface area contributed by atoms with Crippen molar-refractivity contribution in [3.05, 3.63) is 42.4 Å². The summed E-state index contributed by atoms with van der Waals surface area (Å²) in [5.74, 6) is 1.17. The van der Waals surface area contributed by atoms with Gasteiger partial charge in [0.2, 0.25) is 0 Å². The highest BCUT2D eigenvalue weighted by Gasteiger charge is 2.10. The van der Waals surface area contributed by atoms with Crippen molar-refractivity contribution in [2.24, 2.45) is 10.7 Å². The predicted molar refractivity (Wildman–Crippen MR) is 80.2 cm³/mol. The van der Waals surface area contributed by atoms with E-state index in [2.05, 4.69) is 29.1 Å². The van der Waals surface area contributed by atoms with Gasteiger partial charge >= 0.3 is 0 Å². The Morgan fingerprint density at radius 3 is 2.85 bits per heavy atom. The van der Waals surface area contributed by atoms with Crippen molar-refractivity contribution in [2.75, 3.05) is 0 Å². The van der Waals surface area contributed by atoms with Gasteiger partial charge in [0.1, 0.15) is 5.69 Å². The Hall–Kier alpha value is -2.30. The maximum atomic E-state index is 5.84. The fraction of sp³-hybridized carbons (Fsp3) is 0.333. The van der Waals surface area contributed by atoms with E-state index in [-0.39, 0.29) is 0 Å². The summed E-state index contributed by atoms with van der Waals surface area (Å²) in [6.45, 7) is 4.56. The molecule has 0 bridgehead atoms. The van der Waals surface area contributed by atoms with Gasteiger partial charge < -0.3 is 15.5 Å². The maximum absolute atomic E-state index is 5.84. The second-order valence-electron chi connectivity index (χ2n) is 4.65. The van der Waals surface area contributed by atoms with Crippen LogP contribution < -0.4 is 11.1 Å². The molecule has 20 heavy (non-hydrogen) atoms. The Morgan fingerprint density at radius 2 is 2.15 bits per heavy atom. The first-order valence-corrected chi connectivity index (χ1v) is 6.75. The standard InChI is InChI=1S/C15H20N4O/c1-3-11(2)19-15(16)17-9-13-14(20-10-18-13)12-7-5-4-6-8-12/h4-8,10-11H,3,9H2,1-2H3,(H3,16,17,19). The first kappa shape index (κ1) is 14.1. The first-order valence-electron chi connectivity index (χ1n) is 6.75. The highest BCUT2D eigenvalue weighted by atomic mass is 16.3. The van der Waals surface area contributed by atoms with Gasteiger partial charge in [0, 0.05) is 11.6 Å². The summed E-state index contributed by atoms with van der Waals surface area (Å²) in [4.78, 5) is 8.51. The van der Waals surface area contributed by atoms with E-state index < -0.39 is 0 Å². The number of hydrogen-bond acceptors (Lipinski definition) is 3. The monoisotopic (exact) mass is 272 g/mol. The van der Waals surface area contributed by atoms with Crippen molar-refractivity contribution in [1.82, 2.24) is 10.3 Å². The normalized spacial score (nSPS) is 13.2. The Labute approximate surface area is 118 Å². The third kappa shape index (κ3) is 3.60. The summed E-state index contributed by atoms with van der Waals surface area (Å²) < 4.78 is 5.44. The molecule has 1 aromatic heterocycles. The van der Waals surface area contributed by atoms with Crippen LogP contribution in [0.2, 0.25) is 0 Å². The summed E-state index contributed by atoms with van der Waals surface area (Å²) in [5.41, 5.74) is 7.61. The topological polar surface area (TPSA) is 76.4 Å². The van der Waals surface area contributed by atoms with Gasteiger partial charge in [-0.1, -0.05) is 37.3 Å². The molecule has 5 nitrogen and oxygen atoms in total. The van der Waals surface area contributed by atoms with Crippen LogP contribution in [0.3, 0.4) is 0 Å². The lowest BCUT2D eigenvalue weighted by molar-refractivity contribution is 0.571. The molecule has 1 atom stereocenters. The number of nitrogens with zero attached hydrogens (tertiary/aromatic N) is 2. The van der Waals surface area contributed by atoms with Crippen molar-refractivity contribution < 1.29 is 4.42 Å². The Kier molecular flexibility index (Phi) is 4.76. The predicted octanol–water partition coefficient (Wildman–Crippen LogP) is 2.54. The van der Waals surface area contributed by atoms with Crippen LogP contribution in [0.1, 0.15) is 26.0 Å². The molecule has 0 saturated carbocycles. The summed E-state index contributed by atoms with van der Waals surface area (Å²) in [5, 5.41) is 3.12. The van der Waals surface area contributed by atoms with Gasteiger partial charge in [-0.05, 0) is 13.3 Å². The number of nitrogens with two attached hydrogens (primary N) is 1. The van der Waals surface area contributed by atoms with Crippen LogP contribution in [0.4, 0.5) is 0 Å². The highest BCUT2D eigenvalue weighted by molar-refractivity contribution is 5.78. The van der Waals surface area contributed by atoms with Gasteiger partial charge in [-0.25, -0.2) is 9.98 Å². The van der Waals surface area contributed by atoms with E-state index in [0.717, 1.165) is 23.4 Å². The lowest BCUT2D eigenvalue weighted by atomic mass is 10.1. The number of oxazole rings is 1. The van der Waals surface area contributed by atoms with Crippen LogP contribution in [0.15, 0.2) is 46.1 Å². The highest BCUT2D eigenvalue weighted by Crippen LogP contribution is 2.23. The fourth-order valence-corrected chi connectivity index (χ4v) is 1.77. The molecule has 0 radical (unpaired) electrons. The minimum absolute atomic E-state index is 0.310. The van der Waals surface area contributed by atoms with Crippen LogP contribution in [0.5, 0.6) is 0 Å². The quantitative estimate of drug-likeness (QED) is 0.648. The number of nitrogens with one attached hydrogen (secondary N) is 1. The lowest BCUT2D eigenvalue weighted by Gasteiger charge is -2.11. The van der Waals surface area contributed by atoms with Gasteiger partial charge in [-0.2, -0.15) is 0 Å². The molecule has 3 N–H and O–H groups in total. The van der Waals surface area contributed by atoms with E-state index in [1.165, 1.54) is 6.39 Å². The minimum Gasteiger partial charge on any atom is -0.443 e.